The Morgan fingerprint density at radius 3 is 3.00 bits per heavy atom. The second kappa shape index (κ2) is 9.28. The standard InChI is InChI=1S/C22H28FN7O/c1-3-8-25-22(31)29-18-10-13(2)6-7-17(18)28-21-16(23)12-27-20(30-21)15-11-26-19-14(15)5-4-9-24-19/h4-5,9,11-13,17-18H,3,6-8,10H2,1-2H3,(H,24,26)(H2,25,29,31)(H,27,28,30). The summed E-state index contributed by atoms with van der Waals surface area (Å²) in [5.74, 6) is 0.523. The third-order valence-electron chi connectivity index (χ3n) is 5.72. The van der Waals surface area contributed by atoms with E-state index in [-0.39, 0.29) is 23.9 Å². The molecule has 4 N–H and O–H groups in total. The SMILES string of the molecule is CCCNC(=O)NC1CC(C)CCC1Nc1nc(-c2c[nH]c3ncccc23)ncc1F. The Morgan fingerprint density at radius 1 is 1.29 bits per heavy atom. The number of anilines is 1. The summed E-state index contributed by atoms with van der Waals surface area (Å²) >= 11 is 0. The van der Waals surface area contributed by atoms with Crippen molar-refractivity contribution >= 4 is 22.9 Å². The summed E-state index contributed by atoms with van der Waals surface area (Å²) < 4.78 is 14.6. The average Bonchev–Trinajstić information content (AvgIpc) is 3.20. The third-order valence-corrected chi connectivity index (χ3v) is 5.72. The quantitative estimate of drug-likeness (QED) is 0.480. The van der Waals surface area contributed by atoms with Crippen LogP contribution >= 0.6 is 0 Å². The van der Waals surface area contributed by atoms with Crippen molar-refractivity contribution in [2.45, 2.75) is 51.6 Å². The molecule has 3 atom stereocenters. The number of rotatable bonds is 6. The number of urea groups is 1. The van der Waals surface area contributed by atoms with Gasteiger partial charge in [-0.2, -0.15) is 0 Å². The average molecular weight is 426 g/mol. The molecule has 0 saturated heterocycles. The molecule has 0 radical (unpaired) electrons. The maximum atomic E-state index is 14.6. The van der Waals surface area contributed by atoms with E-state index in [0.717, 1.165) is 42.3 Å². The first-order chi connectivity index (χ1) is 15.0. The van der Waals surface area contributed by atoms with Gasteiger partial charge in [-0.3, -0.25) is 0 Å². The number of nitrogens with zero attached hydrogens (tertiary/aromatic N) is 3. The molecule has 3 aromatic rings. The summed E-state index contributed by atoms with van der Waals surface area (Å²) in [6.07, 6.45) is 8.17. The molecule has 8 nitrogen and oxygen atoms in total. The largest absolute Gasteiger partial charge is 0.363 e. The molecule has 0 aliphatic heterocycles. The molecular formula is C22H28FN7O. The van der Waals surface area contributed by atoms with Crippen molar-refractivity contribution in [2.75, 3.05) is 11.9 Å². The molecule has 3 heterocycles. The lowest BCUT2D eigenvalue weighted by atomic mass is 9.83. The van der Waals surface area contributed by atoms with Gasteiger partial charge in [-0.05, 0) is 43.7 Å². The van der Waals surface area contributed by atoms with Crippen molar-refractivity contribution in [1.82, 2.24) is 30.6 Å². The lowest BCUT2D eigenvalue weighted by molar-refractivity contribution is 0.223. The highest BCUT2D eigenvalue weighted by atomic mass is 19.1. The fourth-order valence-electron chi connectivity index (χ4n) is 4.09. The molecule has 2 amide bonds. The smallest absolute Gasteiger partial charge is 0.315 e. The van der Waals surface area contributed by atoms with Gasteiger partial charge in [0.15, 0.2) is 17.5 Å². The number of halogens is 1. The van der Waals surface area contributed by atoms with Crippen LogP contribution in [-0.2, 0) is 0 Å². The topological polar surface area (TPSA) is 108 Å². The number of aromatic nitrogens is 4. The van der Waals surface area contributed by atoms with Crippen LogP contribution in [0.1, 0.15) is 39.5 Å². The Kier molecular flexibility index (Phi) is 6.29. The van der Waals surface area contributed by atoms with Gasteiger partial charge in [0.05, 0.1) is 12.2 Å². The van der Waals surface area contributed by atoms with Gasteiger partial charge >= 0.3 is 6.03 Å². The first-order valence-corrected chi connectivity index (χ1v) is 10.8. The fraction of sp³-hybridized carbons (Fsp3) is 0.455. The number of amides is 2. The van der Waals surface area contributed by atoms with Gasteiger partial charge in [-0.15, -0.1) is 0 Å². The van der Waals surface area contributed by atoms with Crippen molar-refractivity contribution in [1.29, 1.82) is 0 Å². The van der Waals surface area contributed by atoms with Gasteiger partial charge in [0.1, 0.15) is 5.65 Å². The lowest BCUT2D eigenvalue weighted by Crippen LogP contribution is -2.53. The monoisotopic (exact) mass is 425 g/mol. The number of carbonyl (C=O) groups is 1. The minimum atomic E-state index is -0.519. The number of aromatic amines is 1. The number of hydrogen-bond acceptors (Lipinski definition) is 5. The van der Waals surface area contributed by atoms with Gasteiger partial charge in [-0.1, -0.05) is 13.8 Å². The van der Waals surface area contributed by atoms with Crippen molar-refractivity contribution in [3.05, 3.63) is 36.5 Å². The predicted octanol–water partition coefficient (Wildman–Crippen LogP) is 3.84. The molecule has 0 aromatic carbocycles. The Bertz CT molecular complexity index is 1050. The lowest BCUT2D eigenvalue weighted by Gasteiger charge is -2.36. The zero-order valence-corrected chi connectivity index (χ0v) is 17.8. The second-order valence-corrected chi connectivity index (χ2v) is 8.17. The van der Waals surface area contributed by atoms with Gasteiger partial charge in [-0.25, -0.2) is 24.1 Å². The number of fused-ring (bicyclic) bond motifs is 1. The van der Waals surface area contributed by atoms with E-state index in [2.05, 4.69) is 42.8 Å². The molecule has 0 spiro atoms. The molecule has 1 aliphatic carbocycles. The van der Waals surface area contributed by atoms with Gasteiger partial charge in [0.25, 0.3) is 0 Å². The first kappa shape index (κ1) is 21.0. The zero-order chi connectivity index (χ0) is 21.8. The van der Waals surface area contributed by atoms with E-state index in [9.17, 15) is 9.18 Å². The van der Waals surface area contributed by atoms with Crippen LogP contribution in [0.2, 0.25) is 0 Å². The van der Waals surface area contributed by atoms with E-state index in [1.807, 2.05) is 19.1 Å². The van der Waals surface area contributed by atoms with Crippen molar-refractivity contribution in [2.24, 2.45) is 5.92 Å². The molecule has 9 heteroatoms. The highest BCUT2D eigenvalue weighted by Crippen LogP contribution is 2.29. The van der Waals surface area contributed by atoms with Crippen LogP contribution in [0.3, 0.4) is 0 Å². The van der Waals surface area contributed by atoms with Crippen LogP contribution in [-0.4, -0.2) is 44.6 Å². The van der Waals surface area contributed by atoms with Crippen molar-refractivity contribution < 1.29 is 9.18 Å². The van der Waals surface area contributed by atoms with Crippen molar-refractivity contribution in [3.8, 4) is 11.4 Å². The maximum absolute atomic E-state index is 14.6. The second-order valence-electron chi connectivity index (χ2n) is 8.17. The normalized spacial score (nSPS) is 21.1. The Labute approximate surface area is 180 Å². The van der Waals surface area contributed by atoms with Gasteiger partial charge in [0.2, 0.25) is 0 Å². The fourth-order valence-corrected chi connectivity index (χ4v) is 4.09. The summed E-state index contributed by atoms with van der Waals surface area (Å²) in [4.78, 5) is 28.2. The highest BCUT2D eigenvalue weighted by molar-refractivity contribution is 5.91. The van der Waals surface area contributed by atoms with Crippen LogP contribution in [0.15, 0.2) is 30.7 Å². The molecule has 0 bridgehead atoms. The minimum Gasteiger partial charge on any atom is -0.363 e. The molecule has 3 aromatic heterocycles. The molecule has 3 unspecified atom stereocenters. The van der Waals surface area contributed by atoms with Gasteiger partial charge < -0.3 is 20.9 Å². The Hall–Kier alpha value is -3.23. The summed E-state index contributed by atoms with van der Waals surface area (Å²) in [7, 11) is 0. The molecule has 4 rings (SSSR count). The summed E-state index contributed by atoms with van der Waals surface area (Å²) in [5.41, 5.74) is 1.49. The van der Waals surface area contributed by atoms with E-state index in [1.165, 1.54) is 6.20 Å². The minimum absolute atomic E-state index is 0.115. The zero-order valence-electron chi connectivity index (χ0n) is 17.8. The van der Waals surface area contributed by atoms with Gasteiger partial charge in [0, 0.05) is 35.9 Å². The molecule has 164 valence electrons. The van der Waals surface area contributed by atoms with Crippen LogP contribution in [0.5, 0.6) is 0 Å². The number of H-pyrrole nitrogens is 1. The van der Waals surface area contributed by atoms with Crippen LogP contribution in [0.4, 0.5) is 15.0 Å². The third kappa shape index (κ3) is 4.76. The highest BCUT2D eigenvalue weighted by Gasteiger charge is 2.31. The summed E-state index contributed by atoms with van der Waals surface area (Å²) in [5, 5.41) is 10.0. The predicted molar refractivity (Wildman–Crippen MR) is 118 cm³/mol. The molecular weight excluding hydrogens is 397 g/mol. The number of nitrogens with one attached hydrogen (secondary N) is 4. The molecule has 1 fully saturated rings. The maximum Gasteiger partial charge on any atom is 0.315 e. The molecule has 1 aliphatic rings. The van der Waals surface area contributed by atoms with Crippen LogP contribution in [0.25, 0.3) is 22.4 Å². The van der Waals surface area contributed by atoms with Crippen LogP contribution < -0.4 is 16.0 Å². The van der Waals surface area contributed by atoms with E-state index >= 15 is 0 Å². The summed E-state index contributed by atoms with van der Waals surface area (Å²) in [6.45, 7) is 4.80. The first-order valence-electron chi connectivity index (χ1n) is 10.8. The Balaban J connectivity index is 1.56. The summed E-state index contributed by atoms with van der Waals surface area (Å²) in [6, 6.07) is 3.33. The Morgan fingerprint density at radius 2 is 2.16 bits per heavy atom. The number of hydrogen-bond donors (Lipinski definition) is 4. The molecule has 31 heavy (non-hydrogen) atoms. The number of pyridine rings is 1. The molecule has 1 saturated carbocycles. The van der Waals surface area contributed by atoms with E-state index in [1.54, 1.807) is 12.4 Å². The van der Waals surface area contributed by atoms with E-state index in [4.69, 9.17) is 0 Å². The van der Waals surface area contributed by atoms with Crippen molar-refractivity contribution in [3.63, 3.8) is 0 Å². The van der Waals surface area contributed by atoms with E-state index < -0.39 is 5.82 Å². The number of carbonyl (C=O) groups excluding carboxylic acids is 1. The van der Waals surface area contributed by atoms with E-state index in [0.29, 0.717) is 18.3 Å². The van der Waals surface area contributed by atoms with Crippen LogP contribution in [0, 0.1) is 11.7 Å².